The summed E-state index contributed by atoms with van der Waals surface area (Å²) in [4.78, 5) is 17.9. The third-order valence-electron chi connectivity index (χ3n) is 5.91. The monoisotopic (exact) mass is 415 g/mol. The van der Waals surface area contributed by atoms with Gasteiger partial charge in [0.1, 0.15) is 0 Å². The molecule has 1 aliphatic rings. The first-order valence-corrected chi connectivity index (χ1v) is 10.8. The highest BCUT2D eigenvalue weighted by Gasteiger charge is 2.27. The van der Waals surface area contributed by atoms with Crippen molar-refractivity contribution in [2.75, 3.05) is 31.5 Å². The standard InChI is InChI=1S/C25H29N5O/c1-3-14-26-23-21-11-7-8-12-22(21)27-28-24(23)25(31)29-15-13-19(2)30(17-16-29)18-20-9-5-4-6-10-20/h3-12,19H,1,13-18H2,2H3,(H,26,27)/t19-/m1/s1. The number of amides is 1. The van der Waals surface area contributed by atoms with Gasteiger partial charge in [0.25, 0.3) is 5.91 Å². The van der Waals surface area contributed by atoms with Crippen molar-refractivity contribution in [1.82, 2.24) is 20.0 Å². The van der Waals surface area contributed by atoms with Crippen LogP contribution in [-0.4, -0.2) is 58.1 Å². The van der Waals surface area contributed by atoms with Crippen LogP contribution in [0.2, 0.25) is 0 Å². The summed E-state index contributed by atoms with van der Waals surface area (Å²) in [6, 6.07) is 18.7. The normalized spacial score (nSPS) is 17.3. The minimum atomic E-state index is -0.0708. The number of aromatic nitrogens is 2. The lowest BCUT2D eigenvalue weighted by Gasteiger charge is -2.26. The van der Waals surface area contributed by atoms with Gasteiger partial charge < -0.3 is 10.2 Å². The van der Waals surface area contributed by atoms with Crippen molar-refractivity contribution in [3.8, 4) is 0 Å². The molecule has 0 aliphatic carbocycles. The van der Waals surface area contributed by atoms with Crippen LogP contribution in [0.4, 0.5) is 5.69 Å². The molecule has 1 aliphatic heterocycles. The summed E-state index contributed by atoms with van der Waals surface area (Å²) >= 11 is 0. The Bertz CT molecular complexity index is 1050. The molecule has 0 saturated carbocycles. The highest BCUT2D eigenvalue weighted by molar-refractivity contribution is 6.05. The molecule has 2 heterocycles. The number of anilines is 1. The van der Waals surface area contributed by atoms with Crippen LogP contribution in [0.3, 0.4) is 0 Å². The third kappa shape index (κ3) is 4.75. The molecule has 1 N–H and O–H groups in total. The SMILES string of the molecule is C=CCNc1c(C(=O)N2CC[C@@H](C)N(Cc3ccccc3)CC2)nnc2ccccc12. The molecule has 1 aromatic heterocycles. The largest absolute Gasteiger partial charge is 0.379 e. The van der Waals surface area contributed by atoms with E-state index in [2.05, 4.69) is 58.2 Å². The number of hydrogen-bond donors (Lipinski definition) is 1. The van der Waals surface area contributed by atoms with Crippen molar-refractivity contribution >= 4 is 22.5 Å². The Kier molecular flexibility index (Phi) is 6.57. The van der Waals surface area contributed by atoms with Gasteiger partial charge in [-0.2, -0.15) is 0 Å². The molecule has 4 rings (SSSR count). The summed E-state index contributed by atoms with van der Waals surface area (Å²) in [5.74, 6) is -0.0708. The quantitative estimate of drug-likeness (QED) is 0.618. The van der Waals surface area contributed by atoms with Crippen LogP contribution in [0.1, 0.15) is 29.4 Å². The summed E-state index contributed by atoms with van der Waals surface area (Å²) in [7, 11) is 0. The average Bonchev–Trinajstić information content (AvgIpc) is 2.99. The van der Waals surface area contributed by atoms with Crippen molar-refractivity contribution in [2.24, 2.45) is 0 Å². The molecule has 31 heavy (non-hydrogen) atoms. The van der Waals surface area contributed by atoms with Crippen LogP contribution in [0.5, 0.6) is 0 Å². The van der Waals surface area contributed by atoms with E-state index in [0.29, 0.717) is 31.4 Å². The maximum absolute atomic E-state index is 13.5. The fourth-order valence-corrected chi connectivity index (χ4v) is 4.07. The van der Waals surface area contributed by atoms with Gasteiger partial charge in [0.15, 0.2) is 5.69 Å². The van der Waals surface area contributed by atoms with E-state index in [0.717, 1.165) is 36.1 Å². The van der Waals surface area contributed by atoms with Gasteiger partial charge in [-0.3, -0.25) is 9.69 Å². The molecule has 0 unspecified atom stereocenters. The van der Waals surface area contributed by atoms with Crippen molar-refractivity contribution in [3.05, 3.63) is 78.5 Å². The Morgan fingerprint density at radius 3 is 2.68 bits per heavy atom. The lowest BCUT2D eigenvalue weighted by molar-refractivity contribution is 0.0755. The molecule has 1 fully saturated rings. The van der Waals surface area contributed by atoms with Crippen LogP contribution in [-0.2, 0) is 6.54 Å². The van der Waals surface area contributed by atoms with E-state index in [1.807, 2.05) is 35.2 Å². The number of carbonyl (C=O) groups is 1. The Morgan fingerprint density at radius 2 is 1.87 bits per heavy atom. The number of fused-ring (bicyclic) bond motifs is 1. The van der Waals surface area contributed by atoms with E-state index in [-0.39, 0.29) is 5.91 Å². The molecule has 1 atom stereocenters. The molecule has 3 aromatic rings. The topological polar surface area (TPSA) is 61.4 Å². The third-order valence-corrected chi connectivity index (χ3v) is 5.91. The minimum Gasteiger partial charge on any atom is -0.379 e. The van der Waals surface area contributed by atoms with Gasteiger partial charge in [-0.25, -0.2) is 0 Å². The van der Waals surface area contributed by atoms with Crippen LogP contribution >= 0.6 is 0 Å². The molecule has 2 aromatic carbocycles. The smallest absolute Gasteiger partial charge is 0.276 e. The number of carbonyl (C=O) groups excluding carboxylic acids is 1. The van der Waals surface area contributed by atoms with Crippen LogP contribution in [0.25, 0.3) is 10.9 Å². The lowest BCUT2D eigenvalue weighted by atomic mass is 10.1. The second-order valence-electron chi connectivity index (χ2n) is 8.00. The average molecular weight is 416 g/mol. The Balaban J connectivity index is 1.55. The number of rotatable bonds is 6. The van der Waals surface area contributed by atoms with Crippen molar-refractivity contribution in [3.63, 3.8) is 0 Å². The van der Waals surface area contributed by atoms with Gasteiger partial charge in [0, 0.05) is 44.2 Å². The zero-order valence-electron chi connectivity index (χ0n) is 18.0. The van der Waals surface area contributed by atoms with Gasteiger partial charge in [-0.05, 0) is 25.0 Å². The second-order valence-corrected chi connectivity index (χ2v) is 8.00. The van der Waals surface area contributed by atoms with E-state index in [1.54, 1.807) is 6.08 Å². The Labute approximate surface area is 183 Å². The molecule has 160 valence electrons. The second kappa shape index (κ2) is 9.71. The fourth-order valence-electron chi connectivity index (χ4n) is 4.07. The molecule has 0 bridgehead atoms. The van der Waals surface area contributed by atoms with E-state index >= 15 is 0 Å². The number of nitrogens with one attached hydrogen (secondary N) is 1. The molecule has 1 amide bonds. The molecule has 6 nitrogen and oxygen atoms in total. The zero-order valence-corrected chi connectivity index (χ0v) is 18.0. The highest BCUT2D eigenvalue weighted by atomic mass is 16.2. The summed E-state index contributed by atoms with van der Waals surface area (Å²) < 4.78 is 0. The summed E-state index contributed by atoms with van der Waals surface area (Å²) in [5, 5.41) is 12.8. The molecule has 0 spiro atoms. The van der Waals surface area contributed by atoms with Gasteiger partial charge in [-0.15, -0.1) is 16.8 Å². The maximum atomic E-state index is 13.5. The lowest BCUT2D eigenvalue weighted by Crippen LogP contribution is -2.36. The minimum absolute atomic E-state index is 0.0708. The van der Waals surface area contributed by atoms with E-state index in [4.69, 9.17) is 0 Å². The Morgan fingerprint density at radius 1 is 1.10 bits per heavy atom. The number of hydrogen-bond acceptors (Lipinski definition) is 5. The van der Waals surface area contributed by atoms with Crippen molar-refractivity contribution < 1.29 is 4.79 Å². The molecular formula is C25H29N5O. The van der Waals surface area contributed by atoms with E-state index in [1.165, 1.54) is 5.56 Å². The maximum Gasteiger partial charge on any atom is 0.276 e. The van der Waals surface area contributed by atoms with Crippen LogP contribution < -0.4 is 5.32 Å². The predicted molar refractivity (Wildman–Crippen MR) is 125 cm³/mol. The van der Waals surface area contributed by atoms with Crippen molar-refractivity contribution in [2.45, 2.75) is 25.9 Å². The number of nitrogens with zero attached hydrogens (tertiary/aromatic N) is 4. The first-order chi connectivity index (χ1) is 15.2. The first-order valence-electron chi connectivity index (χ1n) is 10.8. The Hall–Kier alpha value is -3.25. The fraction of sp³-hybridized carbons (Fsp3) is 0.320. The van der Waals surface area contributed by atoms with Crippen LogP contribution in [0.15, 0.2) is 67.3 Å². The summed E-state index contributed by atoms with van der Waals surface area (Å²) in [6.07, 6.45) is 2.70. The summed E-state index contributed by atoms with van der Waals surface area (Å²) in [6.45, 7) is 9.68. The van der Waals surface area contributed by atoms with Gasteiger partial charge in [0.2, 0.25) is 0 Å². The van der Waals surface area contributed by atoms with Crippen LogP contribution in [0, 0.1) is 0 Å². The van der Waals surface area contributed by atoms with E-state index in [9.17, 15) is 4.79 Å². The zero-order chi connectivity index (χ0) is 21.6. The first kappa shape index (κ1) is 21.0. The predicted octanol–water partition coefficient (Wildman–Crippen LogP) is 3.96. The molecule has 6 heteroatoms. The highest BCUT2D eigenvalue weighted by Crippen LogP contribution is 2.26. The van der Waals surface area contributed by atoms with E-state index < -0.39 is 0 Å². The van der Waals surface area contributed by atoms with Gasteiger partial charge in [0.05, 0.1) is 11.2 Å². The molecule has 0 radical (unpaired) electrons. The van der Waals surface area contributed by atoms with Gasteiger partial charge >= 0.3 is 0 Å². The van der Waals surface area contributed by atoms with Crippen molar-refractivity contribution in [1.29, 1.82) is 0 Å². The van der Waals surface area contributed by atoms with Gasteiger partial charge in [-0.1, -0.05) is 54.6 Å². The molecular weight excluding hydrogens is 386 g/mol. The summed E-state index contributed by atoms with van der Waals surface area (Å²) in [5.41, 5.74) is 3.17. The molecule has 1 saturated heterocycles. The number of benzene rings is 2.